The number of carbonyl (C=O) groups excluding carboxylic acids is 1. The Hall–Kier alpha value is -3.36. The van der Waals surface area contributed by atoms with Gasteiger partial charge in [-0.3, -0.25) is 9.20 Å². The average molecular weight is 324 g/mol. The molecule has 0 saturated carbocycles. The molecule has 0 bridgehead atoms. The Morgan fingerprint density at radius 3 is 2.79 bits per heavy atom. The minimum atomic E-state index is -1.15. The zero-order valence-corrected chi connectivity index (χ0v) is 12.7. The number of hydrogen-bond donors (Lipinski definition) is 1. The first-order valence-electron chi connectivity index (χ1n) is 7.30. The van der Waals surface area contributed by atoms with Crippen molar-refractivity contribution < 1.29 is 14.7 Å². The molecule has 9 nitrogen and oxygen atoms in total. The van der Waals surface area contributed by atoms with Crippen molar-refractivity contribution in [3.8, 4) is 0 Å². The van der Waals surface area contributed by atoms with Crippen LogP contribution in [0.15, 0.2) is 29.4 Å². The van der Waals surface area contributed by atoms with E-state index in [4.69, 9.17) is 5.11 Å². The maximum absolute atomic E-state index is 12.3. The molecule has 9 heteroatoms. The quantitative estimate of drug-likeness (QED) is 0.756. The smallest absolute Gasteiger partial charge is 0.352 e. The minimum Gasteiger partial charge on any atom is -0.477 e. The third-order valence-electron chi connectivity index (χ3n) is 3.85. The molecular formula is C15H12N6O3. The van der Waals surface area contributed by atoms with Gasteiger partial charge in [-0.25, -0.2) is 9.78 Å². The number of benzene rings is 1. The van der Waals surface area contributed by atoms with Gasteiger partial charge in [-0.1, -0.05) is 12.1 Å². The highest BCUT2D eigenvalue weighted by Crippen LogP contribution is 2.26. The summed E-state index contributed by atoms with van der Waals surface area (Å²) in [7, 11) is 0. The Labute approximate surface area is 135 Å². The molecule has 0 atom stereocenters. The first-order valence-corrected chi connectivity index (χ1v) is 7.30. The van der Waals surface area contributed by atoms with E-state index >= 15 is 0 Å². The lowest BCUT2D eigenvalue weighted by molar-refractivity contribution is -0.129. The molecule has 1 aliphatic heterocycles. The summed E-state index contributed by atoms with van der Waals surface area (Å²) in [6.07, 6.45) is 0.152. The Balaban J connectivity index is 2.03. The number of hydrazone groups is 1. The van der Waals surface area contributed by atoms with Crippen LogP contribution in [0.25, 0.3) is 16.7 Å². The van der Waals surface area contributed by atoms with E-state index in [1.165, 1.54) is 0 Å². The average Bonchev–Trinajstić information content (AvgIpc) is 2.97. The molecule has 4 rings (SSSR count). The van der Waals surface area contributed by atoms with Gasteiger partial charge in [0.05, 0.1) is 11.0 Å². The number of carboxylic acid groups (broad SMARTS) is 1. The summed E-state index contributed by atoms with van der Waals surface area (Å²) in [5.41, 5.74) is 1.70. The highest BCUT2D eigenvalue weighted by Gasteiger charge is 2.29. The van der Waals surface area contributed by atoms with Crippen LogP contribution in [0.3, 0.4) is 0 Å². The molecule has 3 heterocycles. The standard InChI is InChI=1S/C15H12N6O3/c1-8-17-18-14-13(16-9-4-2-3-5-11(9)20(8)14)21-12(22)7-6-10(19-21)15(23)24/h2-5H,6-7H2,1H3,(H,23,24). The molecule has 1 amide bonds. The number of carboxylic acids is 1. The van der Waals surface area contributed by atoms with Crippen LogP contribution in [-0.2, 0) is 9.59 Å². The van der Waals surface area contributed by atoms with Crippen molar-refractivity contribution in [3.63, 3.8) is 0 Å². The van der Waals surface area contributed by atoms with Crippen molar-refractivity contribution in [2.75, 3.05) is 5.01 Å². The number of nitrogens with zero attached hydrogens (tertiary/aromatic N) is 6. The molecule has 0 saturated heterocycles. The predicted molar refractivity (Wildman–Crippen MR) is 84.8 cm³/mol. The molecule has 2 aromatic heterocycles. The second-order valence-electron chi connectivity index (χ2n) is 5.39. The van der Waals surface area contributed by atoms with E-state index < -0.39 is 5.97 Å². The number of aryl methyl sites for hydroxylation is 1. The number of rotatable bonds is 2. The van der Waals surface area contributed by atoms with Gasteiger partial charge in [0.2, 0.25) is 17.4 Å². The second-order valence-corrected chi connectivity index (χ2v) is 5.39. The molecule has 0 radical (unpaired) electrons. The predicted octanol–water partition coefficient (Wildman–Crippen LogP) is 1.15. The van der Waals surface area contributed by atoms with Crippen LogP contribution >= 0.6 is 0 Å². The van der Waals surface area contributed by atoms with Crippen molar-refractivity contribution in [1.82, 2.24) is 19.6 Å². The van der Waals surface area contributed by atoms with E-state index in [0.717, 1.165) is 10.5 Å². The molecular weight excluding hydrogens is 312 g/mol. The van der Waals surface area contributed by atoms with Gasteiger partial charge in [0.1, 0.15) is 11.5 Å². The first-order chi connectivity index (χ1) is 11.6. The van der Waals surface area contributed by atoms with Gasteiger partial charge >= 0.3 is 5.97 Å². The van der Waals surface area contributed by atoms with Crippen molar-refractivity contribution in [1.29, 1.82) is 0 Å². The Kier molecular flexibility index (Phi) is 3.02. The number of para-hydroxylation sites is 2. The van der Waals surface area contributed by atoms with Gasteiger partial charge < -0.3 is 5.11 Å². The summed E-state index contributed by atoms with van der Waals surface area (Å²) in [6, 6.07) is 7.37. The van der Waals surface area contributed by atoms with Crippen molar-refractivity contribution >= 4 is 40.1 Å². The summed E-state index contributed by atoms with van der Waals surface area (Å²) in [5, 5.41) is 22.3. The first kappa shape index (κ1) is 14.2. The molecule has 0 spiro atoms. The summed E-state index contributed by atoms with van der Waals surface area (Å²) >= 11 is 0. The minimum absolute atomic E-state index is 0.0545. The van der Waals surface area contributed by atoms with Gasteiger partial charge in [-0.15, -0.1) is 10.2 Å². The Morgan fingerprint density at radius 1 is 1.21 bits per heavy atom. The third kappa shape index (κ3) is 2.02. The summed E-state index contributed by atoms with van der Waals surface area (Å²) in [6.45, 7) is 1.79. The zero-order valence-electron chi connectivity index (χ0n) is 12.7. The fourth-order valence-electron chi connectivity index (χ4n) is 2.72. The summed E-state index contributed by atoms with van der Waals surface area (Å²) in [4.78, 5) is 27.9. The van der Waals surface area contributed by atoms with Crippen molar-refractivity contribution in [3.05, 3.63) is 30.1 Å². The van der Waals surface area contributed by atoms with Gasteiger partial charge in [0, 0.05) is 12.8 Å². The van der Waals surface area contributed by atoms with Crippen LogP contribution in [0.4, 0.5) is 5.82 Å². The highest BCUT2D eigenvalue weighted by molar-refractivity contribution is 6.37. The van der Waals surface area contributed by atoms with Crippen LogP contribution in [0.2, 0.25) is 0 Å². The van der Waals surface area contributed by atoms with Gasteiger partial charge in [0.15, 0.2) is 0 Å². The molecule has 0 fully saturated rings. The lowest BCUT2D eigenvalue weighted by atomic mass is 10.1. The molecule has 1 aromatic carbocycles. The fraction of sp³-hybridized carbons (Fsp3) is 0.200. The van der Waals surface area contributed by atoms with Crippen LogP contribution in [0.1, 0.15) is 18.7 Å². The molecule has 0 unspecified atom stereocenters. The largest absolute Gasteiger partial charge is 0.477 e. The number of hydrogen-bond acceptors (Lipinski definition) is 6. The summed E-state index contributed by atoms with van der Waals surface area (Å²) < 4.78 is 1.77. The molecule has 120 valence electrons. The summed E-state index contributed by atoms with van der Waals surface area (Å²) in [5.74, 6) is -0.665. The SMILES string of the molecule is Cc1nnc2c(N3N=C(C(=O)O)CCC3=O)nc3ccccc3n12. The number of aliphatic carboxylic acids is 1. The normalized spacial score (nSPS) is 15.1. The lowest BCUT2D eigenvalue weighted by Gasteiger charge is -2.21. The Bertz CT molecular complexity index is 1040. The molecule has 1 N–H and O–H groups in total. The number of anilines is 1. The molecule has 24 heavy (non-hydrogen) atoms. The number of aromatic nitrogens is 4. The van der Waals surface area contributed by atoms with Crippen LogP contribution in [0, 0.1) is 6.92 Å². The zero-order chi connectivity index (χ0) is 16.8. The maximum atomic E-state index is 12.3. The van der Waals surface area contributed by atoms with E-state index in [0.29, 0.717) is 17.0 Å². The fourth-order valence-corrected chi connectivity index (χ4v) is 2.72. The van der Waals surface area contributed by atoms with E-state index in [2.05, 4.69) is 20.3 Å². The topological polar surface area (TPSA) is 113 Å². The van der Waals surface area contributed by atoms with E-state index in [9.17, 15) is 9.59 Å². The van der Waals surface area contributed by atoms with E-state index in [1.54, 1.807) is 17.4 Å². The van der Waals surface area contributed by atoms with Gasteiger partial charge in [-0.05, 0) is 19.1 Å². The van der Waals surface area contributed by atoms with Crippen molar-refractivity contribution in [2.45, 2.75) is 19.8 Å². The number of amides is 1. The van der Waals surface area contributed by atoms with Crippen LogP contribution in [-0.4, -0.2) is 42.3 Å². The van der Waals surface area contributed by atoms with E-state index in [-0.39, 0.29) is 30.3 Å². The van der Waals surface area contributed by atoms with Crippen molar-refractivity contribution in [2.24, 2.45) is 5.10 Å². The van der Waals surface area contributed by atoms with Crippen LogP contribution in [0.5, 0.6) is 0 Å². The highest BCUT2D eigenvalue weighted by atomic mass is 16.4. The third-order valence-corrected chi connectivity index (χ3v) is 3.85. The number of carbonyl (C=O) groups is 2. The number of fused-ring (bicyclic) bond motifs is 3. The molecule has 0 aliphatic carbocycles. The molecule has 1 aliphatic rings. The Morgan fingerprint density at radius 2 is 2.00 bits per heavy atom. The monoisotopic (exact) mass is 324 g/mol. The van der Waals surface area contributed by atoms with Gasteiger partial charge in [0.25, 0.3) is 0 Å². The second kappa shape index (κ2) is 5.08. The van der Waals surface area contributed by atoms with Crippen LogP contribution < -0.4 is 5.01 Å². The molecule has 3 aromatic rings. The maximum Gasteiger partial charge on any atom is 0.352 e. The lowest BCUT2D eigenvalue weighted by Crippen LogP contribution is -2.35. The van der Waals surface area contributed by atoms with Gasteiger partial charge in [-0.2, -0.15) is 10.1 Å². The van der Waals surface area contributed by atoms with E-state index in [1.807, 2.05) is 18.2 Å².